The minimum Gasteiger partial charge on any atom is -0.326 e. The van der Waals surface area contributed by atoms with E-state index in [0.29, 0.717) is 12.1 Å². The Hall–Kier alpha value is -3.55. The van der Waals surface area contributed by atoms with Crippen LogP contribution in [0.4, 0.5) is 47.8 Å². The number of benzene rings is 3. The van der Waals surface area contributed by atoms with Crippen molar-refractivity contribution in [2.45, 2.75) is 29.5 Å². The predicted molar refractivity (Wildman–Crippen MR) is 146 cm³/mol. The van der Waals surface area contributed by atoms with Crippen LogP contribution in [0, 0.1) is 18.7 Å². The molecule has 3 amide bonds. The summed E-state index contributed by atoms with van der Waals surface area (Å²) in [5.74, 6) is -7.71. The van der Waals surface area contributed by atoms with E-state index >= 15 is 0 Å². The standard InChI is InChI=1S/C27H17Cl3F7N3O3/c1-11-18(3-2-4-19(11)40-24(43)27(35,36)37)39-22(41)14-10-13(6-7-16(14)28)38-23(42)21-20(25(21,29)30)12-5-8-17(31)15(9-12)26(32,33)34/h2-10,20-21H,1H3,(H,38,42)(H,39,41)(H,40,43)/t20-,21+/m0/s1. The molecule has 0 saturated heterocycles. The summed E-state index contributed by atoms with van der Waals surface area (Å²) in [5, 5.41) is 6.56. The summed E-state index contributed by atoms with van der Waals surface area (Å²) in [6.45, 7) is 1.36. The van der Waals surface area contributed by atoms with Crippen LogP contribution in [0.5, 0.6) is 0 Å². The van der Waals surface area contributed by atoms with Gasteiger partial charge in [0, 0.05) is 23.0 Å². The number of halogens is 10. The molecule has 3 aromatic rings. The summed E-state index contributed by atoms with van der Waals surface area (Å²) in [5.41, 5.74) is -1.87. The lowest BCUT2D eigenvalue weighted by atomic mass is 10.0. The van der Waals surface area contributed by atoms with Gasteiger partial charge in [0.15, 0.2) is 0 Å². The van der Waals surface area contributed by atoms with Crippen molar-refractivity contribution in [3.63, 3.8) is 0 Å². The fourth-order valence-corrected chi connectivity index (χ4v) is 5.34. The molecule has 1 aliphatic rings. The van der Waals surface area contributed by atoms with Crippen LogP contribution in [0.15, 0.2) is 54.6 Å². The Morgan fingerprint density at radius 2 is 1.49 bits per heavy atom. The molecular formula is C27H17Cl3F7N3O3. The van der Waals surface area contributed by atoms with E-state index in [-0.39, 0.29) is 38.8 Å². The van der Waals surface area contributed by atoms with Crippen molar-refractivity contribution < 1.29 is 45.1 Å². The van der Waals surface area contributed by atoms with Crippen molar-refractivity contribution in [2.24, 2.45) is 5.92 Å². The molecular weight excluding hydrogens is 654 g/mol. The summed E-state index contributed by atoms with van der Waals surface area (Å²) in [6, 6.07) is 9.77. The lowest BCUT2D eigenvalue weighted by Crippen LogP contribution is -2.30. The maximum atomic E-state index is 13.7. The summed E-state index contributed by atoms with van der Waals surface area (Å²) >= 11 is 18.6. The third-order valence-corrected chi connectivity index (χ3v) is 7.83. The molecule has 0 spiro atoms. The van der Waals surface area contributed by atoms with Crippen molar-refractivity contribution in [3.8, 4) is 0 Å². The van der Waals surface area contributed by atoms with E-state index in [1.807, 2.05) is 0 Å². The Morgan fingerprint density at radius 3 is 2.09 bits per heavy atom. The van der Waals surface area contributed by atoms with E-state index in [1.165, 1.54) is 43.3 Å². The lowest BCUT2D eigenvalue weighted by Gasteiger charge is -2.15. The van der Waals surface area contributed by atoms with Crippen molar-refractivity contribution in [3.05, 3.63) is 87.7 Å². The van der Waals surface area contributed by atoms with Gasteiger partial charge in [0.2, 0.25) is 5.91 Å². The minimum atomic E-state index is -5.14. The zero-order chi connectivity index (χ0) is 32.1. The second-order valence-corrected chi connectivity index (χ2v) is 11.3. The predicted octanol–water partition coefficient (Wildman–Crippen LogP) is 8.09. The highest BCUT2D eigenvalue weighted by Gasteiger charge is 2.67. The topological polar surface area (TPSA) is 87.3 Å². The van der Waals surface area contributed by atoms with E-state index < -0.39 is 57.6 Å². The number of carbonyl (C=O) groups is 3. The van der Waals surface area contributed by atoms with Gasteiger partial charge in [-0.1, -0.05) is 23.7 Å². The zero-order valence-electron chi connectivity index (χ0n) is 21.4. The Balaban J connectivity index is 1.51. The highest BCUT2D eigenvalue weighted by molar-refractivity contribution is 6.53. The van der Waals surface area contributed by atoms with Gasteiger partial charge < -0.3 is 16.0 Å². The first kappa shape index (κ1) is 32.4. The highest BCUT2D eigenvalue weighted by Crippen LogP contribution is 2.65. The molecule has 3 N–H and O–H groups in total. The first-order valence-electron chi connectivity index (χ1n) is 12.0. The van der Waals surface area contributed by atoms with Gasteiger partial charge in [0.25, 0.3) is 5.91 Å². The molecule has 3 aromatic carbocycles. The van der Waals surface area contributed by atoms with E-state index in [0.717, 1.165) is 6.07 Å². The largest absolute Gasteiger partial charge is 0.471 e. The summed E-state index contributed by atoms with van der Waals surface area (Å²) < 4.78 is 89.4. The van der Waals surface area contributed by atoms with Crippen LogP contribution in [0.25, 0.3) is 0 Å². The number of rotatable bonds is 6. The van der Waals surface area contributed by atoms with Gasteiger partial charge in [-0.05, 0) is 60.5 Å². The molecule has 0 bridgehead atoms. The average molecular weight is 671 g/mol. The van der Waals surface area contributed by atoms with Gasteiger partial charge in [-0.25, -0.2) is 4.39 Å². The molecule has 2 atom stereocenters. The molecule has 16 heteroatoms. The second kappa shape index (κ2) is 11.5. The first-order chi connectivity index (χ1) is 19.8. The van der Waals surface area contributed by atoms with E-state index in [1.54, 1.807) is 5.32 Å². The molecule has 43 heavy (non-hydrogen) atoms. The summed E-state index contributed by atoms with van der Waals surface area (Å²) in [7, 11) is 0. The van der Waals surface area contributed by atoms with E-state index in [9.17, 15) is 45.1 Å². The molecule has 4 rings (SSSR count). The Bertz CT molecular complexity index is 1630. The van der Waals surface area contributed by atoms with Crippen LogP contribution in [0.1, 0.15) is 33.0 Å². The van der Waals surface area contributed by atoms with Crippen LogP contribution in [-0.2, 0) is 15.8 Å². The van der Waals surface area contributed by atoms with E-state index in [4.69, 9.17) is 34.8 Å². The van der Waals surface area contributed by atoms with Crippen LogP contribution in [0.2, 0.25) is 5.02 Å². The van der Waals surface area contributed by atoms with Gasteiger partial charge in [0.05, 0.1) is 22.1 Å². The van der Waals surface area contributed by atoms with Crippen LogP contribution < -0.4 is 16.0 Å². The molecule has 0 radical (unpaired) electrons. The van der Waals surface area contributed by atoms with Crippen molar-refractivity contribution in [1.29, 1.82) is 0 Å². The molecule has 0 aromatic heterocycles. The quantitative estimate of drug-likeness (QED) is 0.183. The molecule has 1 saturated carbocycles. The summed E-state index contributed by atoms with van der Waals surface area (Å²) in [6.07, 6.45) is -10.1. The third kappa shape index (κ3) is 6.84. The SMILES string of the molecule is Cc1c(NC(=O)c2cc(NC(=O)[C@H]3[C@H](c4ccc(F)c(C(F)(F)F)c4)C3(Cl)Cl)ccc2Cl)cccc1NC(=O)C(F)(F)F. The van der Waals surface area contributed by atoms with Gasteiger partial charge in [-0.15, -0.1) is 23.2 Å². The number of anilines is 3. The number of carbonyl (C=O) groups excluding carboxylic acids is 3. The fraction of sp³-hybridized carbons (Fsp3) is 0.222. The van der Waals surface area contributed by atoms with Gasteiger partial charge in [-0.3, -0.25) is 14.4 Å². The summed E-state index contributed by atoms with van der Waals surface area (Å²) in [4.78, 5) is 37.3. The van der Waals surface area contributed by atoms with Gasteiger partial charge >= 0.3 is 18.3 Å². The molecule has 1 aliphatic carbocycles. The number of amides is 3. The Morgan fingerprint density at radius 1 is 0.860 bits per heavy atom. The number of hydrogen-bond donors (Lipinski definition) is 3. The number of nitrogens with one attached hydrogen (secondary N) is 3. The van der Waals surface area contributed by atoms with Crippen LogP contribution in [-0.4, -0.2) is 28.2 Å². The zero-order valence-corrected chi connectivity index (χ0v) is 23.6. The van der Waals surface area contributed by atoms with Crippen LogP contribution >= 0.6 is 34.8 Å². The second-order valence-electron chi connectivity index (χ2n) is 9.43. The van der Waals surface area contributed by atoms with Crippen molar-refractivity contribution in [1.82, 2.24) is 0 Å². The van der Waals surface area contributed by atoms with Crippen molar-refractivity contribution >= 4 is 69.6 Å². The fourth-order valence-electron chi connectivity index (χ4n) is 4.31. The van der Waals surface area contributed by atoms with Crippen molar-refractivity contribution in [2.75, 3.05) is 16.0 Å². The molecule has 0 aliphatic heterocycles. The molecule has 6 nitrogen and oxygen atoms in total. The van der Waals surface area contributed by atoms with E-state index in [2.05, 4.69) is 10.6 Å². The molecule has 1 fully saturated rings. The number of hydrogen-bond acceptors (Lipinski definition) is 3. The highest BCUT2D eigenvalue weighted by atomic mass is 35.5. The average Bonchev–Trinajstić information content (AvgIpc) is 3.48. The number of alkyl halides is 8. The Labute approximate surface area is 253 Å². The molecule has 228 valence electrons. The normalized spacial score (nSPS) is 17.7. The third-order valence-electron chi connectivity index (χ3n) is 6.56. The van der Waals surface area contributed by atoms with Crippen LogP contribution in [0.3, 0.4) is 0 Å². The van der Waals surface area contributed by atoms with Gasteiger partial charge in [-0.2, -0.15) is 26.3 Å². The maximum absolute atomic E-state index is 13.7. The first-order valence-corrected chi connectivity index (χ1v) is 13.1. The molecule has 0 heterocycles. The minimum absolute atomic E-state index is 0.0207. The maximum Gasteiger partial charge on any atom is 0.471 e. The monoisotopic (exact) mass is 669 g/mol. The smallest absolute Gasteiger partial charge is 0.326 e. The lowest BCUT2D eigenvalue weighted by molar-refractivity contribution is -0.167. The van der Waals surface area contributed by atoms with Gasteiger partial charge in [0.1, 0.15) is 10.2 Å². The molecule has 0 unspecified atom stereocenters. The Kier molecular flexibility index (Phi) is 8.66.